The van der Waals surface area contributed by atoms with E-state index in [1.165, 1.54) is 0 Å². The van der Waals surface area contributed by atoms with Gasteiger partial charge in [0.25, 0.3) is 0 Å². The molecule has 9 heteroatoms. The summed E-state index contributed by atoms with van der Waals surface area (Å²) in [6.07, 6.45) is -0.319. The second-order valence-corrected chi connectivity index (χ2v) is 7.01. The molecule has 1 aromatic carbocycles. The lowest BCUT2D eigenvalue weighted by atomic mass is 10.0. The van der Waals surface area contributed by atoms with E-state index in [4.69, 9.17) is 12.2 Å². The number of alkyl halides is 3. The lowest BCUT2D eigenvalue weighted by molar-refractivity contribution is -0.200. The van der Waals surface area contributed by atoms with Crippen LogP contribution in [0.1, 0.15) is 36.4 Å². The predicted octanol–water partition coefficient (Wildman–Crippen LogP) is 1.41. The lowest BCUT2D eigenvalue weighted by Gasteiger charge is -2.30. The molecule has 1 aromatic rings. The zero-order chi connectivity index (χ0) is 20.7. The van der Waals surface area contributed by atoms with Crippen LogP contribution in [0, 0.1) is 17.8 Å². The molecule has 0 bridgehead atoms. The molecule has 1 heterocycles. The Balaban J connectivity index is 1.91. The highest BCUT2D eigenvalue weighted by atomic mass is 19.4. The number of nitrogens with two attached hydrogens (primary N) is 1. The normalized spacial score (nSPS) is 20.6. The average Bonchev–Trinajstić information content (AvgIpc) is 3.35. The molecular weight excluding hydrogens is 375 g/mol. The predicted molar refractivity (Wildman–Crippen MR) is 92.0 cm³/mol. The van der Waals surface area contributed by atoms with Crippen molar-refractivity contribution >= 4 is 17.7 Å². The van der Waals surface area contributed by atoms with E-state index in [0.717, 1.165) is 4.90 Å². The van der Waals surface area contributed by atoms with E-state index >= 15 is 0 Å². The third kappa shape index (κ3) is 3.30. The lowest BCUT2D eigenvalue weighted by Crippen LogP contribution is -2.48. The largest absolute Gasteiger partial charge is 0.403 e. The standard InChI is InChI=1S/C19H18F3N3O3/c1-2-12(9-14(23)26)24-16(27)15-13-6-4-3-5-11(13)10-25(15)17(28)18(7-8-18)19(20,21)22/h1,3-6,12,15H,7-10H2,(H2,23,26)(H,24,27)/t12-,15+/m1/s1. The molecule has 3 rings (SSSR count). The highest BCUT2D eigenvalue weighted by molar-refractivity contribution is 5.94. The summed E-state index contributed by atoms with van der Waals surface area (Å²) in [6.45, 7) is -0.110. The van der Waals surface area contributed by atoms with Crippen LogP contribution < -0.4 is 11.1 Å². The Kier molecular flexibility index (Phi) is 4.83. The number of carbonyl (C=O) groups is 3. The Morgan fingerprint density at radius 2 is 1.96 bits per heavy atom. The molecular formula is C19H18F3N3O3. The first-order valence-corrected chi connectivity index (χ1v) is 8.61. The Bertz CT molecular complexity index is 871. The third-order valence-electron chi connectivity index (χ3n) is 5.14. The van der Waals surface area contributed by atoms with Gasteiger partial charge in [-0.2, -0.15) is 13.2 Å². The number of primary amides is 1. The van der Waals surface area contributed by atoms with E-state index in [1.54, 1.807) is 24.3 Å². The zero-order valence-corrected chi connectivity index (χ0v) is 14.8. The van der Waals surface area contributed by atoms with Crippen LogP contribution in [-0.4, -0.2) is 34.8 Å². The molecule has 148 valence electrons. The number of amides is 3. The van der Waals surface area contributed by atoms with Gasteiger partial charge in [-0.1, -0.05) is 30.2 Å². The Labute approximate surface area is 159 Å². The molecule has 2 atom stereocenters. The van der Waals surface area contributed by atoms with Crippen molar-refractivity contribution in [3.8, 4) is 12.3 Å². The summed E-state index contributed by atoms with van der Waals surface area (Å²) in [7, 11) is 0. The number of rotatable bonds is 5. The second kappa shape index (κ2) is 6.86. The van der Waals surface area contributed by atoms with E-state index < -0.39 is 41.4 Å². The molecule has 3 amide bonds. The van der Waals surface area contributed by atoms with Gasteiger partial charge in [0.2, 0.25) is 17.7 Å². The first-order valence-electron chi connectivity index (χ1n) is 8.61. The van der Waals surface area contributed by atoms with Crippen molar-refractivity contribution in [2.24, 2.45) is 11.1 Å². The van der Waals surface area contributed by atoms with Gasteiger partial charge >= 0.3 is 6.18 Å². The Morgan fingerprint density at radius 3 is 2.50 bits per heavy atom. The number of terminal acetylenes is 1. The number of hydrogen-bond donors (Lipinski definition) is 2. The minimum Gasteiger partial charge on any atom is -0.370 e. The molecule has 0 unspecified atom stereocenters. The summed E-state index contributed by atoms with van der Waals surface area (Å²) < 4.78 is 40.3. The van der Waals surface area contributed by atoms with E-state index in [9.17, 15) is 27.6 Å². The van der Waals surface area contributed by atoms with Gasteiger partial charge < -0.3 is 16.0 Å². The van der Waals surface area contributed by atoms with Crippen molar-refractivity contribution in [1.29, 1.82) is 0 Å². The monoisotopic (exact) mass is 393 g/mol. The fourth-order valence-corrected chi connectivity index (χ4v) is 3.48. The molecule has 6 nitrogen and oxygen atoms in total. The van der Waals surface area contributed by atoms with Gasteiger partial charge in [-0.05, 0) is 24.0 Å². The summed E-state index contributed by atoms with van der Waals surface area (Å²) in [4.78, 5) is 37.7. The number of hydrogen-bond acceptors (Lipinski definition) is 3. The SMILES string of the molecule is C#C[C@H](CC(N)=O)NC(=O)[C@@H]1c2ccccc2CN1C(=O)C1(C(F)(F)F)CC1. The summed E-state index contributed by atoms with van der Waals surface area (Å²) >= 11 is 0. The molecule has 1 aliphatic carbocycles. The molecule has 0 saturated heterocycles. The molecule has 1 aliphatic heterocycles. The maximum absolute atomic E-state index is 13.4. The first-order chi connectivity index (χ1) is 13.1. The van der Waals surface area contributed by atoms with Crippen LogP contribution in [0.4, 0.5) is 13.2 Å². The van der Waals surface area contributed by atoms with Gasteiger partial charge in [-0.3, -0.25) is 14.4 Å². The number of nitrogens with zero attached hydrogens (tertiary/aromatic N) is 1. The van der Waals surface area contributed by atoms with Crippen LogP contribution >= 0.6 is 0 Å². The number of halogens is 3. The van der Waals surface area contributed by atoms with Crippen molar-refractivity contribution in [3.05, 3.63) is 35.4 Å². The molecule has 28 heavy (non-hydrogen) atoms. The van der Waals surface area contributed by atoms with Crippen molar-refractivity contribution in [2.75, 3.05) is 0 Å². The highest BCUT2D eigenvalue weighted by Gasteiger charge is 2.70. The quantitative estimate of drug-likeness (QED) is 0.741. The van der Waals surface area contributed by atoms with Crippen LogP contribution in [0.25, 0.3) is 0 Å². The van der Waals surface area contributed by atoms with Crippen molar-refractivity contribution < 1.29 is 27.6 Å². The maximum atomic E-state index is 13.4. The summed E-state index contributed by atoms with van der Waals surface area (Å²) in [5.74, 6) is -0.404. The number of carbonyl (C=O) groups excluding carboxylic acids is 3. The molecule has 2 aliphatic rings. The zero-order valence-electron chi connectivity index (χ0n) is 14.8. The van der Waals surface area contributed by atoms with Gasteiger partial charge in [0, 0.05) is 6.54 Å². The van der Waals surface area contributed by atoms with Gasteiger partial charge in [-0.15, -0.1) is 6.42 Å². The van der Waals surface area contributed by atoms with E-state index in [-0.39, 0.29) is 25.8 Å². The van der Waals surface area contributed by atoms with Crippen LogP contribution in [0.15, 0.2) is 24.3 Å². The fourth-order valence-electron chi connectivity index (χ4n) is 3.48. The van der Waals surface area contributed by atoms with E-state index in [0.29, 0.717) is 11.1 Å². The Morgan fingerprint density at radius 1 is 1.32 bits per heavy atom. The minimum absolute atomic E-state index is 0.110. The third-order valence-corrected chi connectivity index (χ3v) is 5.14. The van der Waals surface area contributed by atoms with Gasteiger partial charge in [-0.25, -0.2) is 0 Å². The summed E-state index contributed by atoms with van der Waals surface area (Å²) in [5.41, 5.74) is 3.67. The smallest absolute Gasteiger partial charge is 0.370 e. The van der Waals surface area contributed by atoms with Crippen LogP contribution in [0.5, 0.6) is 0 Å². The molecule has 1 fully saturated rings. The first kappa shape index (κ1) is 19.7. The summed E-state index contributed by atoms with van der Waals surface area (Å²) in [6, 6.07) is 4.26. The number of fused-ring (bicyclic) bond motifs is 1. The number of nitrogens with one attached hydrogen (secondary N) is 1. The Hall–Kier alpha value is -3.02. The molecule has 3 N–H and O–H groups in total. The molecule has 0 radical (unpaired) electrons. The summed E-state index contributed by atoms with van der Waals surface area (Å²) in [5, 5.41) is 2.43. The topological polar surface area (TPSA) is 92.5 Å². The average molecular weight is 393 g/mol. The van der Waals surface area contributed by atoms with Crippen LogP contribution in [0.3, 0.4) is 0 Å². The van der Waals surface area contributed by atoms with Gasteiger partial charge in [0.05, 0.1) is 12.5 Å². The minimum atomic E-state index is -4.69. The van der Waals surface area contributed by atoms with Crippen LogP contribution in [0.2, 0.25) is 0 Å². The van der Waals surface area contributed by atoms with Gasteiger partial charge in [0.1, 0.15) is 11.5 Å². The van der Waals surface area contributed by atoms with Crippen molar-refractivity contribution in [3.63, 3.8) is 0 Å². The highest BCUT2D eigenvalue weighted by Crippen LogP contribution is 2.59. The second-order valence-electron chi connectivity index (χ2n) is 7.01. The van der Waals surface area contributed by atoms with E-state index in [1.807, 2.05) is 0 Å². The fraction of sp³-hybridized carbons (Fsp3) is 0.421. The molecule has 1 saturated carbocycles. The van der Waals surface area contributed by atoms with Gasteiger partial charge in [0.15, 0.2) is 0 Å². The van der Waals surface area contributed by atoms with Crippen LogP contribution in [-0.2, 0) is 20.9 Å². The van der Waals surface area contributed by atoms with E-state index in [2.05, 4.69) is 11.2 Å². The van der Waals surface area contributed by atoms with Crippen molar-refractivity contribution in [2.45, 2.75) is 44.1 Å². The molecule has 0 aromatic heterocycles. The molecule has 0 spiro atoms. The van der Waals surface area contributed by atoms with Crippen molar-refractivity contribution in [1.82, 2.24) is 10.2 Å². The number of benzene rings is 1. The maximum Gasteiger partial charge on any atom is 0.403 e.